The van der Waals surface area contributed by atoms with Crippen LogP contribution in [0, 0.1) is 0 Å². The number of rotatable bonds is 4. The van der Waals surface area contributed by atoms with Crippen LogP contribution in [0.5, 0.6) is 0 Å². The predicted molar refractivity (Wildman–Crippen MR) is 71.1 cm³/mol. The van der Waals surface area contributed by atoms with Crippen molar-refractivity contribution >= 4 is 0 Å². The minimum Gasteiger partial charge on any atom is -0.330 e. The van der Waals surface area contributed by atoms with Crippen LogP contribution in [0.3, 0.4) is 0 Å². The number of aromatic amines is 1. The van der Waals surface area contributed by atoms with Crippen LogP contribution in [0.2, 0.25) is 0 Å². The molecule has 1 saturated carbocycles. The highest BCUT2D eigenvalue weighted by atomic mass is 16.1. The monoisotopic (exact) mass is 243 g/mol. The largest absolute Gasteiger partial charge is 0.330 e. The fourth-order valence-corrected chi connectivity index (χ4v) is 2.34. The Bertz CT molecular complexity index is 593. The molecule has 1 aliphatic rings. The van der Waals surface area contributed by atoms with Crippen LogP contribution in [0.4, 0.5) is 0 Å². The van der Waals surface area contributed by atoms with Crippen molar-refractivity contribution in [1.82, 2.24) is 9.78 Å². The van der Waals surface area contributed by atoms with E-state index in [0.717, 1.165) is 16.9 Å². The molecule has 94 valence electrons. The molecule has 2 aromatic rings. The van der Waals surface area contributed by atoms with Gasteiger partial charge in [0.15, 0.2) is 0 Å². The van der Waals surface area contributed by atoms with Crippen LogP contribution in [-0.4, -0.2) is 16.3 Å². The highest BCUT2D eigenvalue weighted by molar-refractivity contribution is 5.34. The maximum Gasteiger partial charge on any atom is 0.274 e. The standard InChI is InChI=1S/C14H17N3O/c15-9-8-12-13(10-6-7-10)16-17(14(12)18)11-4-2-1-3-5-11/h1-5,10,16H,6-9,15H2. The molecule has 0 radical (unpaired) electrons. The molecule has 1 aromatic carbocycles. The molecule has 1 aromatic heterocycles. The Morgan fingerprint density at radius 1 is 1.28 bits per heavy atom. The van der Waals surface area contributed by atoms with E-state index in [0.29, 0.717) is 18.9 Å². The van der Waals surface area contributed by atoms with Crippen LogP contribution < -0.4 is 11.3 Å². The van der Waals surface area contributed by atoms with Gasteiger partial charge in [0.1, 0.15) is 0 Å². The number of hydrogen-bond donors (Lipinski definition) is 2. The second kappa shape index (κ2) is 4.46. The summed E-state index contributed by atoms with van der Waals surface area (Å²) in [6, 6.07) is 9.67. The summed E-state index contributed by atoms with van der Waals surface area (Å²) in [7, 11) is 0. The van der Waals surface area contributed by atoms with Crippen molar-refractivity contribution in [3.63, 3.8) is 0 Å². The third kappa shape index (κ3) is 1.88. The van der Waals surface area contributed by atoms with E-state index in [-0.39, 0.29) is 5.56 Å². The molecule has 0 spiro atoms. The molecule has 4 nitrogen and oxygen atoms in total. The zero-order valence-corrected chi connectivity index (χ0v) is 10.2. The summed E-state index contributed by atoms with van der Waals surface area (Å²) in [5.41, 5.74) is 8.49. The molecule has 3 N–H and O–H groups in total. The van der Waals surface area contributed by atoms with E-state index in [1.807, 2.05) is 30.3 Å². The van der Waals surface area contributed by atoms with Crippen molar-refractivity contribution in [1.29, 1.82) is 0 Å². The molecule has 0 saturated heterocycles. The normalized spacial score (nSPS) is 14.9. The van der Waals surface area contributed by atoms with Gasteiger partial charge in [-0.25, -0.2) is 4.68 Å². The number of nitrogens with zero attached hydrogens (tertiary/aromatic N) is 1. The smallest absolute Gasteiger partial charge is 0.274 e. The lowest BCUT2D eigenvalue weighted by Gasteiger charge is -2.00. The summed E-state index contributed by atoms with van der Waals surface area (Å²) < 4.78 is 1.64. The third-order valence-corrected chi connectivity index (χ3v) is 3.41. The zero-order chi connectivity index (χ0) is 12.5. The van der Waals surface area contributed by atoms with E-state index in [2.05, 4.69) is 5.10 Å². The van der Waals surface area contributed by atoms with Crippen molar-refractivity contribution in [2.24, 2.45) is 5.73 Å². The lowest BCUT2D eigenvalue weighted by atomic mass is 10.1. The molecule has 1 fully saturated rings. The van der Waals surface area contributed by atoms with Crippen molar-refractivity contribution in [3.8, 4) is 5.69 Å². The highest BCUT2D eigenvalue weighted by Crippen LogP contribution is 2.40. The first kappa shape index (κ1) is 11.3. The molecule has 0 unspecified atom stereocenters. The van der Waals surface area contributed by atoms with Crippen LogP contribution >= 0.6 is 0 Å². The molecule has 1 aliphatic carbocycles. The fraction of sp³-hybridized carbons (Fsp3) is 0.357. The maximum atomic E-state index is 12.4. The van der Waals surface area contributed by atoms with Crippen LogP contribution in [0.1, 0.15) is 30.0 Å². The van der Waals surface area contributed by atoms with Gasteiger partial charge in [0.2, 0.25) is 0 Å². The van der Waals surface area contributed by atoms with E-state index in [1.165, 1.54) is 12.8 Å². The lowest BCUT2D eigenvalue weighted by Crippen LogP contribution is -2.19. The molecule has 0 atom stereocenters. The van der Waals surface area contributed by atoms with Gasteiger partial charge >= 0.3 is 0 Å². The van der Waals surface area contributed by atoms with Gasteiger partial charge in [-0.2, -0.15) is 0 Å². The second-order valence-corrected chi connectivity index (χ2v) is 4.79. The number of para-hydroxylation sites is 1. The molecule has 0 bridgehead atoms. The van der Waals surface area contributed by atoms with Crippen LogP contribution in [0.15, 0.2) is 35.1 Å². The molecule has 0 amide bonds. The first-order chi connectivity index (χ1) is 8.81. The lowest BCUT2D eigenvalue weighted by molar-refractivity contribution is 0.816. The number of nitrogens with one attached hydrogen (secondary N) is 1. The molecule has 1 heterocycles. The average molecular weight is 243 g/mol. The van der Waals surface area contributed by atoms with Gasteiger partial charge in [0, 0.05) is 17.2 Å². The Labute approximate surface area is 105 Å². The molecule has 18 heavy (non-hydrogen) atoms. The molecule has 4 heteroatoms. The van der Waals surface area contributed by atoms with Crippen molar-refractivity contribution in [2.75, 3.05) is 6.54 Å². The highest BCUT2D eigenvalue weighted by Gasteiger charge is 2.30. The SMILES string of the molecule is NCCc1c(C2CC2)[nH]n(-c2ccccc2)c1=O. The van der Waals surface area contributed by atoms with Crippen molar-refractivity contribution in [3.05, 3.63) is 51.9 Å². The van der Waals surface area contributed by atoms with Crippen molar-refractivity contribution in [2.45, 2.75) is 25.2 Å². The Kier molecular flexibility index (Phi) is 2.80. The summed E-state index contributed by atoms with van der Waals surface area (Å²) in [5, 5.41) is 3.26. The minimum atomic E-state index is 0.0496. The van der Waals surface area contributed by atoms with Crippen LogP contribution in [0.25, 0.3) is 5.69 Å². The third-order valence-electron chi connectivity index (χ3n) is 3.41. The zero-order valence-electron chi connectivity index (χ0n) is 10.2. The van der Waals surface area contributed by atoms with Crippen molar-refractivity contribution < 1.29 is 0 Å². The van der Waals surface area contributed by atoms with Gasteiger partial charge in [-0.3, -0.25) is 9.89 Å². The Morgan fingerprint density at radius 3 is 2.61 bits per heavy atom. The number of nitrogens with two attached hydrogens (primary N) is 1. The van der Waals surface area contributed by atoms with Gasteiger partial charge in [-0.1, -0.05) is 18.2 Å². The second-order valence-electron chi connectivity index (χ2n) is 4.79. The first-order valence-corrected chi connectivity index (χ1v) is 6.40. The van der Waals surface area contributed by atoms with E-state index in [4.69, 9.17) is 5.73 Å². The predicted octanol–water partition coefficient (Wildman–Crippen LogP) is 1.54. The first-order valence-electron chi connectivity index (χ1n) is 6.40. The Balaban J connectivity index is 2.11. The molecule has 0 aliphatic heterocycles. The molecular formula is C14H17N3O. The van der Waals surface area contributed by atoms with Gasteiger partial charge < -0.3 is 5.73 Å². The fourth-order valence-electron chi connectivity index (χ4n) is 2.34. The van der Waals surface area contributed by atoms with E-state index >= 15 is 0 Å². The summed E-state index contributed by atoms with van der Waals surface area (Å²) in [4.78, 5) is 12.4. The quantitative estimate of drug-likeness (QED) is 0.855. The van der Waals surface area contributed by atoms with Crippen LogP contribution in [-0.2, 0) is 6.42 Å². The number of hydrogen-bond acceptors (Lipinski definition) is 2. The average Bonchev–Trinajstić information content (AvgIpc) is 3.19. The van der Waals surface area contributed by atoms with E-state index in [1.54, 1.807) is 4.68 Å². The summed E-state index contributed by atoms with van der Waals surface area (Å²) >= 11 is 0. The Morgan fingerprint density at radius 2 is 2.00 bits per heavy atom. The van der Waals surface area contributed by atoms with Gasteiger partial charge in [0.25, 0.3) is 5.56 Å². The molecule has 3 rings (SSSR count). The summed E-state index contributed by atoms with van der Waals surface area (Å²) in [6.45, 7) is 0.515. The maximum absolute atomic E-state index is 12.4. The minimum absolute atomic E-state index is 0.0496. The topological polar surface area (TPSA) is 63.8 Å². The van der Waals surface area contributed by atoms with Gasteiger partial charge in [-0.05, 0) is 37.9 Å². The van der Waals surface area contributed by atoms with Gasteiger partial charge in [-0.15, -0.1) is 0 Å². The number of aromatic nitrogens is 2. The summed E-state index contributed by atoms with van der Waals surface area (Å²) in [5.74, 6) is 0.532. The van der Waals surface area contributed by atoms with Gasteiger partial charge in [0.05, 0.1) is 5.69 Å². The van der Waals surface area contributed by atoms with E-state index in [9.17, 15) is 4.79 Å². The molecular weight excluding hydrogens is 226 g/mol. The Hall–Kier alpha value is -1.81. The summed E-state index contributed by atoms with van der Waals surface area (Å²) in [6.07, 6.45) is 3.00. The number of H-pyrrole nitrogens is 1. The van der Waals surface area contributed by atoms with E-state index < -0.39 is 0 Å². The number of benzene rings is 1.